The lowest BCUT2D eigenvalue weighted by molar-refractivity contribution is -0.171. The first kappa shape index (κ1) is 18.0. The molecule has 0 saturated heterocycles. The first-order valence-electron chi connectivity index (χ1n) is 9.03. The van der Waals surface area contributed by atoms with Gasteiger partial charge < -0.3 is 10.2 Å². The molecule has 2 heteroatoms. The quantitative estimate of drug-likeness (QED) is 0.739. The Morgan fingerprint density at radius 2 is 1.82 bits per heavy atom. The highest BCUT2D eigenvalue weighted by Gasteiger charge is 2.57. The van der Waals surface area contributed by atoms with Gasteiger partial charge in [-0.15, -0.1) is 6.58 Å². The molecule has 2 rings (SSSR count). The summed E-state index contributed by atoms with van der Waals surface area (Å²) in [5.74, 6) is 0.928. The van der Waals surface area contributed by atoms with Crippen LogP contribution in [0.25, 0.3) is 0 Å². The monoisotopic (exact) mass is 308 g/mol. The van der Waals surface area contributed by atoms with E-state index in [1.54, 1.807) is 6.08 Å². The largest absolute Gasteiger partial charge is 0.390 e. The molecule has 5 atom stereocenters. The zero-order valence-electron chi connectivity index (χ0n) is 15.3. The molecule has 2 saturated carbocycles. The number of hydrogen-bond acceptors (Lipinski definition) is 2. The average molecular weight is 309 g/mol. The first-order valence-corrected chi connectivity index (χ1v) is 9.03. The van der Waals surface area contributed by atoms with Crippen molar-refractivity contribution in [1.29, 1.82) is 0 Å². The van der Waals surface area contributed by atoms with E-state index in [9.17, 15) is 10.2 Å². The van der Waals surface area contributed by atoms with E-state index in [-0.39, 0.29) is 11.3 Å². The predicted octanol–water partition coefficient (Wildman–Crippen LogP) is 4.70. The van der Waals surface area contributed by atoms with E-state index in [0.29, 0.717) is 17.8 Å². The molecule has 22 heavy (non-hydrogen) atoms. The Morgan fingerprint density at radius 3 is 2.41 bits per heavy atom. The predicted molar refractivity (Wildman–Crippen MR) is 92.6 cm³/mol. The second kappa shape index (κ2) is 5.63. The highest BCUT2D eigenvalue weighted by molar-refractivity contribution is 5.08. The van der Waals surface area contributed by atoms with Gasteiger partial charge in [0.15, 0.2) is 0 Å². The van der Waals surface area contributed by atoms with Gasteiger partial charge in [-0.1, -0.05) is 33.3 Å². The van der Waals surface area contributed by atoms with Crippen molar-refractivity contribution < 1.29 is 10.2 Å². The Kier molecular flexibility index (Phi) is 4.61. The van der Waals surface area contributed by atoms with Gasteiger partial charge in [-0.05, 0) is 75.0 Å². The molecule has 0 amide bonds. The summed E-state index contributed by atoms with van der Waals surface area (Å²) in [6, 6.07) is 0. The molecule has 2 aliphatic rings. The van der Waals surface area contributed by atoms with Gasteiger partial charge >= 0.3 is 0 Å². The summed E-state index contributed by atoms with van der Waals surface area (Å²) in [5.41, 5.74) is -0.900. The van der Waals surface area contributed by atoms with E-state index in [1.165, 1.54) is 19.3 Å². The number of fused-ring (bicyclic) bond motifs is 1. The van der Waals surface area contributed by atoms with Crippen LogP contribution >= 0.6 is 0 Å². The fraction of sp³-hybridized carbons (Fsp3) is 0.900. The minimum atomic E-state index is -0.830. The van der Waals surface area contributed by atoms with Crippen molar-refractivity contribution in [3.63, 3.8) is 0 Å². The Hall–Kier alpha value is -0.340. The van der Waals surface area contributed by atoms with E-state index in [1.807, 2.05) is 13.8 Å². The smallest absolute Gasteiger partial charge is 0.0797 e. The van der Waals surface area contributed by atoms with Crippen molar-refractivity contribution in [2.75, 3.05) is 0 Å². The summed E-state index contributed by atoms with van der Waals surface area (Å²) < 4.78 is 0. The van der Waals surface area contributed by atoms with Crippen molar-refractivity contribution in [2.24, 2.45) is 22.7 Å². The van der Waals surface area contributed by atoms with Crippen LogP contribution in [0.5, 0.6) is 0 Å². The maximum absolute atomic E-state index is 11.1. The first-order chi connectivity index (χ1) is 9.95. The molecule has 2 aliphatic carbocycles. The molecular formula is C20H36O2. The fourth-order valence-corrected chi connectivity index (χ4v) is 5.80. The number of aliphatic hydroxyl groups is 2. The molecule has 0 bridgehead atoms. The van der Waals surface area contributed by atoms with Gasteiger partial charge in [0.2, 0.25) is 0 Å². The van der Waals surface area contributed by atoms with Crippen LogP contribution in [0.15, 0.2) is 12.7 Å². The maximum atomic E-state index is 11.1. The van der Waals surface area contributed by atoms with Crippen LogP contribution in [0.2, 0.25) is 0 Å². The molecule has 0 aromatic rings. The molecular weight excluding hydrogens is 272 g/mol. The van der Waals surface area contributed by atoms with Gasteiger partial charge in [-0.3, -0.25) is 0 Å². The molecule has 0 heterocycles. The zero-order chi connectivity index (χ0) is 16.8. The van der Waals surface area contributed by atoms with Crippen LogP contribution in [-0.2, 0) is 0 Å². The van der Waals surface area contributed by atoms with E-state index >= 15 is 0 Å². The molecule has 0 aromatic heterocycles. The molecule has 2 N–H and O–H groups in total. The minimum Gasteiger partial charge on any atom is -0.390 e. The highest BCUT2D eigenvalue weighted by atomic mass is 16.3. The standard InChI is InChI=1S/C20H36O2/c1-7-18(4,21)13-9-16-19(5)12-8-11-17(2,3)15(19)10-14-20(16,6)22/h7,15-16,21-22H,1,8-14H2,2-6H3/t15?,16-,18?,19?,20-/m1/s1. The lowest BCUT2D eigenvalue weighted by Gasteiger charge is -2.61. The third-order valence-electron chi connectivity index (χ3n) is 7.14. The zero-order valence-corrected chi connectivity index (χ0v) is 15.3. The number of rotatable bonds is 4. The average Bonchev–Trinajstić information content (AvgIpc) is 2.35. The Labute approximate surface area is 137 Å². The lowest BCUT2D eigenvalue weighted by atomic mass is 9.45. The Balaban J connectivity index is 2.28. The van der Waals surface area contributed by atoms with Gasteiger partial charge in [0, 0.05) is 0 Å². The van der Waals surface area contributed by atoms with Crippen LogP contribution in [0, 0.1) is 22.7 Å². The molecule has 128 valence electrons. The second-order valence-corrected chi connectivity index (χ2v) is 9.45. The molecule has 0 radical (unpaired) electrons. The third kappa shape index (κ3) is 3.14. The molecule has 0 aromatic carbocycles. The van der Waals surface area contributed by atoms with Crippen LogP contribution in [-0.4, -0.2) is 21.4 Å². The summed E-state index contributed by atoms with van der Waals surface area (Å²) >= 11 is 0. The lowest BCUT2D eigenvalue weighted by Crippen LogP contribution is -2.57. The number of hydrogen-bond donors (Lipinski definition) is 2. The Bertz CT molecular complexity index is 421. The van der Waals surface area contributed by atoms with Crippen LogP contribution < -0.4 is 0 Å². The van der Waals surface area contributed by atoms with Crippen molar-refractivity contribution >= 4 is 0 Å². The van der Waals surface area contributed by atoms with Gasteiger partial charge in [-0.25, -0.2) is 0 Å². The summed E-state index contributed by atoms with van der Waals surface area (Å²) in [4.78, 5) is 0. The SMILES string of the molecule is C=CC(C)(O)CC[C@@H]1C2(C)CCCC(C)(C)C2CC[C@@]1(C)O. The molecule has 2 nitrogen and oxygen atoms in total. The topological polar surface area (TPSA) is 40.5 Å². The molecule has 2 fully saturated rings. The van der Waals surface area contributed by atoms with Crippen molar-refractivity contribution in [3.05, 3.63) is 12.7 Å². The minimum absolute atomic E-state index is 0.181. The van der Waals surface area contributed by atoms with E-state index < -0.39 is 11.2 Å². The highest BCUT2D eigenvalue weighted by Crippen LogP contribution is 2.63. The molecule has 3 unspecified atom stereocenters. The summed E-state index contributed by atoms with van der Waals surface area (Å²) in [6.45, 7) is 14.8. The van der Waals surface area contributed by atoms with Crippen molar-refractivity contribution in [3.8, 4) is 0 Å². The van der Waals surface area contributed by atoms with Crippen LogP contribution in [0.1, 0.15) is 79.6 Å². The van der Waals surface area contributed by atoms with E-state index in [2.05, 4.69) is 27.4 Å². The second-order valence-electron chi connectivity index (χ2n) is 9.45. The van der Waals surface area contributed by atoms with Crippen molar-refractivity contribution in [1.82, 2.24) is 0 Å². The summed E-state index contributed by atoms with van der Waals surface area (Å²) in [7, 11) is 0. The summed E-state index contributed by atoms with van der Waals surface area (Å²) in [6.07, 6.45) is 8.96. The maximum Gasteiger partial charge on any atom is 0.0797 e. The molecule has 0 aliphatic heterocycles. The van der Waals surface area contributed by atoms with E-state index in [4.69, 9.17) is 0 Å². The van der Waals surface area contributed by atoms with Gasteiger partial charge in [-0.2, -0.15) is 0 Å². The van der Waals surface area contributed by atoms with Gasteiger partial charge in [0.05, 0.1) is 11.2 Å². The Morgan fingerprint density at radius 1 is 1.18 bits per heavy atom. The third-order valence-corrected chi connectivity index (χ3v) is 7.14. The van der Waals surface area contributed by atoms with Crippen LogP contribution in [0.4, 0.5) is 0 Å². The van der Waals surface area contributed by atoms with Gasteiger partial charge in [0.1, 0.15) is 0 Å². The fourth-order valence-electron chi connectivity index (χ4n) is 5.80. The van der Waals surface area contributed by atoms with Crippen LogP contribution in [0.3, 0.4) is 0 Å². The summed E-state index contributed by atoms with van der Waals surface area (Å²) in [5, 5.41) is 21.4. The van der Waals surface area contributed by atoms with E-state index in [0.717, 1.165) is 19.3 Å². The van der Waals surface area contributed by atoms with Crippen molar-refractivity contribution in [2.45, 2.75) is 90.8 Å². The molecule has 0 spiro atoms. The van der Waals surface area contributed by atoms with Gasteiger partial charge in [0.25, 0.3) is 0 Å². The normalized spacial score (nSPS) is 44.0.